The van der Waals surface area contributed by atoms with Gasteiger partial charge in [0, 0.05) is 12.7 Å². The summed E-state index contributed by atoms with van der Waals surface area (Å²) in [5, 5.41) is -0.250. The fraction of sp³-hybridized carbons (Fsp3) is 0.533. The summed E-state index contributed by atoms with van der Waals surface area (Å²) in [7, 11) is -4.07. The van der Waals surface area contributed by atoms with Gasteiger partial charge < -0.3 is 4.74 Å². The van der Waals surface area contributed by atoms with Crippen LogP contribution in [0.15, 0.2) is 29.4 Å². The maximum absolute atomic E-state index is 12.3. The molecule has 1 aromatic heterocycles. The molecule has 0 saturated carbocycles. The van der Waals surface area contributed by atoms with Crippen molar-refractivity contribution in [1.82, 2.24) is 14.6 Å². The molecule has 9 heteroatoms. The molecule has 1 atom stereocenters. The zero-order valence-corrected chi connectivity index (χ0v) is 14.7. The van der Waals surface area contributed by atoms with Crippen molar-refractivity contribution in [2.45, 2.75) is 50.3 Å². The monoisotopic (exact) mass is 355 g/mol. The Hall–Kier alpha value is -2.16. The van der Waals surface area contributed by atoms with Crippen molar-refractivity contribution in [1.29, 1.82) is 0 Å². The lowest BCUT2D eigenvalue weighted by atomic mass is 10.2. The first-order valence-corrected chi connectivity index (χ1v) is 9.06. The first-order valence-electron chi connectivity index (χ1n) is 7.57. The molecule has 1 fully saturated rings. The first-order chi connectivity index (χ1) is 11.1. The van der Waals surface area contributed by atoms with E-state index in [1.807, 2.05) is 4.72 Å². The summed E-state index contributed by atoms with van der Waals surface area (Å²) in [4.78, 5) is 29.5. The van der Waals surface area contributed by atoms with Crippen LogP contribution in [0.3, 0.4) is 0 Å². The van der Waals surface area contributed by atoms with Crippen LogP contribution in [-0.2, 0) is 19.6 Å². The number of carbonyl (C=O) groups excluding carboxylic acids is 2. The van der Waals surface area contributed by atoms with Crippen LogP contribution in [0.4, 0.5) is 4.79 Å². The Kier molecular flexibility index (Phi) is 5.12. The van der Waals surface area contributed by atoms with Crippen molar-refractivity contribution >= 4 is 22.0 Å². The van der Waals surface area contributed by atoms with Crippen LogP contribution in [0.25, 0.3) is 0 Å². The Morgan fingerprint density at radius 1 is 1.33 bits per heavy atom. The zero-order valence-electron chi connectivity index (χ0n) is 13.9. The summed E-state index contributed by atoms with van der Waals surface area (Å²) in [6.45, 7) is 5.52. The molecule has 0 spiro atoms. The van der Waals surface area contributed by atoms with Gasteiger partial charge in [0.05, 0.1) is 0 Å². The number of hydrogen-bond acceptors (Lipinski definition) is 6. The highest BCUT2D eigenvalue weighted by Crippen LogP contribution is 2.21. The number of hydrogen-bond donors (Lipinski definition) is 1. The topological polar surface area (TPSA) is 106 Å². The highest BCUT2D eigenvalue weighted by molar-refractivity contribution is 7.90. The van der Waals surface area contributed by atoms with Gasteiger partial charge in [-0.25, -0.2) is 14.5 Å². The molecule has 1 N–H and O–H groups in total. The quantitative estimate of drug-likeness (QED) is 0.876. The minimum absolute atomic E-state index is 0.250. The third-order valence-corrected chi connectivity index (χ3v) is 4.59. The number of rotatable bonds is 3. The van der Waals surface area contributed by atoms with Crippen molar-refractivity contribution in [3.63, 3.8) is 0 Å². The molecule has 2 heterocycles. The van der Waals surface area contributed by atoms with E-state index in [9.17, 15) is 18.0 Å². The Morgan fingerprint density at radius 3 is 2.62 bits per heavy atom. The highest BCUT2D eigenvalue weighted by Gasteiger charge is 2.38. The van der Waals surface area contributed by atoms with E-state index in [4.69, 9.17) is 4.74 Å². The summed E-state index contributed by atoms with van der Waals surface area (Å²) >= 11 is 0. The lowest BCUT2D eigenvalue weighted by Gasteiger charge is -2.27. The summed E-state index contributed by atoms with van der Waals surface area (Å²) in [6.07, 6.45) is 1.67. The predicted molar refractivity (Wildman–Crippen MR) is 85.5 cm³/mol. The molecule has 0 aliphatic carbocycles. The minimum atomic E-state index is -4.07. The number of sulfonamides is 1. The van der Waals surface area contributed by atoms with E-state index in [0.29, 0.717) is 19.4 Å². The molecule has 1 aliphatic heterocycles. The molecule has 0 bridgehead atoms. The van der Waals surface area contributed by atoms with E-state index >= 15 is 0 Å². The summed E-state index contributed by atoms with van der Waals surface area (Å²) in [6, 6.07) is 3.49. The van der Waals surface area contributed by atoms with Gasteiger partial charge in [0.2, 0.25) is 0 Å². The average Bonchev–Trinajstić information content (AvgIpc) is 2.95. The largest absolute Gasteiger partial charge is 0.444 e. The van der Waals surface area contributed by atoms with Gasteiger partial charge in [-0.3, -0.25) is 9.69 Å². The summed E-state index contributed by atoms with van der Waals surface area (Å²) < 4.78 is 31.6. The van der Waals surface area contributed by atoms with Gasteiger partial charge in [0.15, 0.2) is 5.03 Å². The van der Waals surface area contributed by atoms with Crippen LogP contribution in [0, 0.1) is 0 Å². The van der Waals surface area contributed by atoms with Crippen LogP contribution < -0.4 is 4.72 Å². The van der Waals surface area contributed by atoms with Gasteiger partial charge in [-0.05, 0) is 45.7 Å². The highest BCUT2D eigenvalue weighted by atomic mass is 32.2. The van der Waals surface area contributed by atoms with Gasteiger partial charge >= 0.3 is 6.09 Å². The molecule has 2 amide bonds. The van der Waals surface area contributed by atoms with Gasteiger partial charge in [0.1, 0.15) is 11.6 Å². The number of carbonyl (C=O) groups is 2. The van der Waals surface area contributed by atoms with E-state index in [1.165, 1.54) is 23.2 Å². The van der Waals surface area contributed by atoms with Crippen molar-refractivity contribution in [3.05, 3.63) is 24.4 Å². The minimum Gasteiger partial charge on any atom is -0.444 e. The molecular weight excluding hydrogens is 334 g/mol. The molecule has 0 aromatic carbocycles. The molecule has 1 saturated heterocycles. The van der Waals surface area contributed by atoms with E-state index < -0.39 is 33.7 Å². The van der Waals surface area contributed by atoms with Crippen LogP contribution in [0.2, 0.25) is 0 Å². The van der Waals surface area contributed by atoms with Crippen LogP contribution in [0.5, 0.6) is 0 Å². The first kappa shape index (κ1) is 18.2. The van der Waals surface area contributed by atoms with E-state index in [2.05, 4.69) is 4.98 Å². The normalized spacial score (nSPS) is 18.3. The standard InChI is InChI=1S/C15H21N3O5S/c1-15(2,3)23-14(20)18-10-6-7-11(18)13(19)17-24(21,22)12-8-4-5-9-16-12/h4-5,8-9,11H,6-7,10H2,1-3H3,(H,17,19)/t11-/m0/s1. The third-order valence-electron chi connectivity index (χ3n) is 3.33. The number of amides is 2. The maximum atomic E-state index is 12.3. The number of ether oxygens (including phenoxy) is 1. The predicted octanol–water partition coefficient (Wildman–Crippen LogP) is 1.29. The number of aromatic nitrogens is 1. The van der Waals surface area contributed by atoms with Crippen molar-refractivity contribution in [3.8, 4) is 0 Å². The molecule has 0 radical (unpaired) electrons. The fourth-order valence-corrected chi connectivity index (χ4v) is 3.30. The van der Waals surface area contributed by atoms with Crippen molar-refractivity contribution in [2.75, 3.05) is 6.54 Å². The molecule has 132 valence electrons. The average molecular weight is 355 g/mol. The van der Waals surface area contributed by atoms with Crippen LogP contribution >= 0.6 is 0 Å². The second kappa shape index (κ2) is 6.76. The van der Waals surface area contributed by atoms with Gasteiger partial charge in [-0.15, -0.1) is 0 Å². The molecular formula is C15H21N3O5S. The van der Waals surface area contributed by atoms with Gasteiger partial charge in [-0.2, -0.15) is 8.42 Å². The molecule has 1 aliphatic rings. The summed E-state index contributed by atoms with van der Waals surface area (Å²) in [5.41, 5.74) is -0.694. The maximum Gasteiger partial charge on any atom is 0.410 e. The summed E-state index contributed by atoms with van der Waals surface area (Å²) in [5.74, 6) is -0.760. The van der Waals surface area contributed by atoms with E-state index in [-0.39, 0.29) is 5.03 Å². The van der Waals surface area contributed by atoms with Gasteiger partial charge in [0.25, 0.3) is 15.9 Å². The van der Waals surface area contributed by atoms with Crippen LogP contribution in [-0.4, -0.2) is 48.5 Å². The van der Waals surface area contributed by atoms with Crippen molar-refractivity contribution in [2.24, 2.45) is 0 Å². The third kappa shape index (κ3) is 4.44. The second-order valence-corrected chi connectivity index (χ2v) is 8.10. The smallest absolute Gasteiger partial charge is 0.410 e. The Balaban J connectivity index is 2.10. The lowest BCUT2D eigenvalue weighted by molar-refractivity contribution is -0.123. The number of nitrogens with zero attached hydrogens (tertiary/aromatic N) is 2. The number of nitrogens with one attached hydrogen (secondary N) is 1. The fourth-order valence-electron chi connectivity index (χ4n) is 2.34. The lowest BCUT2D eigenvalue weighted by Crippen LogP contribution is -2.48. The van der Waals surface area contributed by atoms with Crippen LogP contribution in [0.1, 0.15) is 33.6 Å². The molecule has 1 aromatic rings. The number of likely N-dealkylation sites (tertiary alicyclic amines) is 1. The Morgan fingerprint density at radius 2 is 2.04 bits per heavy atom. The zero-order chi connectivity index (χ0) is 18.0. The number of pyridine rings is 1. The van der Waals surface area contributed by atoms with E-state index in [0.717, 1.165) is 0 Å². The van der Waals surface area contributed by atoms with E-state index in [1.54, 1.807) is 26.8 Å². The van der Waals surface area contributed by atoms with Gasteiger partial charge in [-0.1, -0.05) is 6.07 Å². The molecule has 0 unspecified atom stereocenters. The SMILES string of the molecule is CC(C)(C)OC(=O)N1CCC[C@H]1C(=O)NS(=O)(=O)c1ccccn1. The Labute approximate surface area is 141 Å². The molecule has 2 rings (SSSR count). The Bertz CT molecular complexity index is 712. The molecule has 24 heavy (non-hydrogen) atoms. The van der Waals surface area contributed by atoms with Crippen molar-refractivity contribution < 1.29 is 22.7 Å². The second-order valence-electron chi connectivity index (χ2n) is 6.47. The molecule has 8 nitrogen and oxygen atoms in total.